The lowest BCUT2D eigenvalue weighted by atomic mass is 9.96. The fraction of sp³-hybridized carbons (Fsp3) is 0. The summed E-state index contributed by atoms with van der Waals surface area (Å²) in [5.41, 5.74) is 11.5. The lowest BCUT2D eigenvalue weighted by Crippen LogP contribution is -2.04. The Morgan fingerprint density at radius 2 is 0.871 bits per heavy atom. The summed E-state index contributed by atoms with van der Waals surface area (Å²) in [5.74, 6) is 1.51. The number of nitriles is 4. The van der Waals surface area contributed by atoms with Gasteiger partial charge in [-0.05, 0) is 88.0 Å². The summed E-state index contributed by atoms with van der Waals surface area (Å²) in [6.07, 6.45) is 0. The fourth-order valence-electron chi connectivity index (χ4n) is 9.51. The average Bonchev–Trinajstić information content (AvgIpc) is 3.98. The molecule has 8 nitrogen and oxygen atoms in total. The molecule has 0 N–H and O–H groups in total. The van der Waals surface area contributed by atoms with E-state index >= 15 is 0 Å². The van der Waals surface area contributed by atoms with Crippen LogP contribution in [0.3, 0.4) is 0 Å². The highest BCUT2D eigenvalue weighted by Gasteiger charge is 2.23. The molecule has 70 heavy (non-hydrogen) atoms. The minimum absolute atomic E-state index is 0.390. The Morgan fingerprint density at radius 3 is 1.44 bits per heavy atom. The van der Waals surface area contributed by atoms with E-state index in [-0.39, 0.29) is 0 Å². The zero-order valence-corrected chi connectivity index (χ0v) is 37.8. The molecule has 0 saturated carbocycles. The molecule has 12 aromatic rings. The van der Waals surface area contributed by atoms with Crippen LogP contribution in [-0.4, -0.2) is 19.5 Å². The van der Waals surface area contributed by atoms with Crippen LogP contribution in [0.15, 0.2) is 194 Å². The molecule has 0 fully saturated rings. The number of fused-ring (bicyclic) bond motifs is 6. The van der Waals surface area contributed by atoms with E-state index in [9.17, 15) is 21.0 Å². The molecule has 0 amide bonds. The molecule has 0 saturated heterocycles. The van der Waals surface area contributed by atoms with Crippen molar-refractivity contribution in [3.05, 3.63) is 216 Å². The quantitative estimate of drug-likeness (QED) is 0.155. The van der Waals surface area contributed by atoms with Gasteiger partial charge in [0.1, 0.15) is 0 Å². The van der Waals surface area contributed by atoms with Gasteiger partial charge in [-0.2, -0.15) is 21.0 Å². The average molecular weight is 909 g/mol. The van der Waals surface area contributed by atoms with Crippen LogP contribution in [0.1, 0.15) is 22.3 Å². The minimum atomic E-state index is 0.390. The number of hydrogen-bond acceptors (Lipinski definition) is 8. The Hall–Kier alpha value is -10.0. The maximum Gasteiger partial charge on any atom is 0.166 e. The third-order valence-corrected chi connectivity index (χ3v) is 14.0. The molecule has 0 radical (unpaired) electrons. The first kappa shape index (κ1) is 41.4. The third kappa shape index (κ3) is 7.00. The molecule has 3 aromatic heterocycles. The van der Waals surface area contributed by atoms with E-state index in [4.69, 9.17) is 15.0 Å². The molecular formula is C61H32N8S. The van der Waals surface area contributed by atoms with Gasteiger partial charge in [0.2, 0.25) is 0 Å². The molecule has 9 aromatic carbocycles. The smallest absolute Gasteiger partial charge is 0.166 e. The van der Waals surface area contributed by atoms with E-state index in [0.717, 1.165) is 66.4 Å². The summed E-state index contributed by atoms with van der Waals surface area (Å²) in [7, 11) is 0. The number of aromatic nitrogens is 4. The zero-order chi connectivity index (χ0) is 47.3. The standard InChI is InChI=1S/C61H32N8S/c62-33-37-18-23-46(44(28-37)35-64)42-20-25-49-50-26-21-43(47-24-19-38(34-63)29-45(47)36-65)32-56(50)69(55(49)31-42)54-27-22-41(48-15-9-16-52-51-14-7-8-17-57(51)70-58(48)52)30-53(54)61-67-59(39-10-3-1-4-11-39)66-60(68-61)40-12-5-2-6-13-40/h1-32H. The second kappa shape index (κ2) is 17.0. The normalized spacial score (nSPS) is 11.1. The van der Waals surface area contributed by atoms with Crippen molar-refractivity contribution in [1.82, 2.24) is 19.5 Å². The number of thiophene rings is 1. The second-order valence-electron chi connectivity index (χ2n) is 16.8. The monoisotopic (exact) mass is 908 g/mol. The van der Waals surface area contributed by atoms with Gasteiger partial charge in [-0.25, -0.2) is 15.0 Å². The van der Waals surface area contributed by atoms with E-state index in [2.05, 4.69) is 114 Å². The highest BCUT2D eigenvalue weighted by molar-refractivity contribution is 7.26. The number of benzene rings is 9. The van der Waals surface area contributed by atoms with Gasteiger partial charge in [-0.15, -0.1) is 11.3 Å². The van der Waals surface area contributed by atoms with Crippen LogP contribution in [0.25, 0.3) is 115 Å². The van der Waals surface area contributed by atoms with E-state index < -0.39 is 0 Å². The maximum atomic E-state index is 10.3. The fourth-order valence-corrected chi connectivity index (χ4v) is 10.7. The Balaban J connectivity index is 1.20. The van der Waals surface area contributed by atoms with Gasteiger partial charge in [0.25, 0.3) is 0 Å². The zero-order valence-electron chi connectivity index (χ0n) is 37.0. The summed E-state index contributed by atoms with van der Waals surface area (Å²) in [4.78, 5) is 15.7. The first-order valence-electron chi connectivity index (χ1n) is 22.4. The first-order chi connectivity index (χ1) is 34.5. The molecular weight excluding hydrogens is 877 g/mol. The Bertz CT molecular complexity index is 4100. The predicted molar refractivity (Wildman–Crippen MR) is 279 cm³/mol. The Kier molecular flexibility index (Phi) is 10.1. The van der Waals surface area contributed by atoms with Crippen molar-refractivity contribution in [3.8, 4) is 97.5 Å². The van der Waals surface area contributed by atoms with E-state index in [0.29, 0.717) is 50.9 Å². The summed E-state index contributed by atoms with van der Waals surface area (Å²) in [6, 6.07) is 73.0. The van der Waals surface area contributed by atoms with Crippen molar-refractivity contribution in [2.75, 3.05) is 0 Å². The van der Waals surface area contributed by atoms with Crippen molar-refractivity contribution in [1.29, 1.82) is 21.0 Å². The van der Waals surface area contributed by atoms with Crippen LogP contribution in [0, 0.1) is 45.3 Å². The van der Waals surface area contributed by atoms with Crippen molar-refractivity contribution < 1.29 is 0 Å². The van der Waals surface area contributed by atoms with E-state index in [1.807, 2.05) is 84.9 Å². The van der Waals surface area contributed by atoms with Gasteiger partial charge in [0.05, 0.1) is 63.3 Å². The van der Waals surface area contributed by atoms with Crippen molar-refractivity contribution in [2.45, 2.75) is 0 Å². The summed E-state index contributed by atoms with van der Waals surface area (Å²) < 4.78 is 4.60. The highest BCUT2D eigenvalue weighted by Crippen LogP contribution is 2.44. The number of nitrogens with zero attached hydrogens (tertiary/aromatic N) is 8. The molecule has 322 valence electrons. The topological polar surface area (TPSA) is 139 Å². The predicted octanol–water partition coefficient (Wildman–Crippen LogP) is 14.8. The summed E-state index contributed by atoms with van der Waals surface area (Å²) in [6.45, 7) is 0. The largest absolute Gasteiger partial charge is 0.308 e. The van der Waals surface area contributed by atoms with Gasteiger partial charge < -0.3 is 4.57 Å². The van der Waals surface area contributed by atoms with Crippen LogP contribution >= 0.6 is 11.3 Å². The van der Waals surface area contributed by atoms with Gasteiger partial charge in [-0.3, -0.25) is 0 Å². The number of hydrogen-bond donors (Lipinski definition) is 0. The summed E-state index contributed by atoms with van der Waals surface area (Å²) >= 11 is 1.77. The van der Waals surface area contributed by atoms with Gasteiger partial charge in [-0.1, -0.05) is 140 Å². The SMILES string of the molecule is N#Cc1ccc(-c2ccc3c4ccc(-c5ccc(C#N)cc5C#N)cc4n(-c4ccc(-c5cccc6c5sc5ccccc56)cc4-c4nc(-c5ccccc5)nc(-c5ccccc5)n4)c3c2)c(C#N)c1. The van der Waals surface area contributed by atoms with Crippen LogP contribution in [0.5, 0.6) is 0 Å². The van der Waals surface area contributed by atoms with Crippen LogP contribution in [0.2, 0.25) is 0 Å². The molecule has 0 unspecified atom stereocenters. The maximum absolute atomic E-state index is 10.3. The minimum Gasteiger partial charge on any atom is -0.308 e. The van der Waals surface area contributed by atoms with Gasteiger partial charge >= 0.3 is 0 Å². The molecule has 0 atom stereocenters. The second-order valence-corrected chi connectivity index (χ2v) is 17.9. The molecule has 0 aliphatic carbocycles. The molecule has 12 rings (SSSR count). The molecule has 0 spiro atoms. The van der Waals surface area contributed by atoms with Crippen LogP contribution in [-0.2, 0) is 0 Å². The Labute approximate surface area is 405 Å². The van der Waals surface area contributed by atoms with Crippen LogP contribution < -0.4 is 0 Å². The van der Waals surface area contributed by atoms with Crippen LogP contribution in [0.4, 0.5) is 0 Å². The molecule has 9 heteroatoms. The van der Waals surface area contributed by atoms with Crippen molar-refractivity contribution in [2.24, 2.45) is 0 Å². The lowest BCUT2D eigenvalue weighted by Gasteiger charge is -2.17. The van der Waals surface area contributed by atoms with E-state index in [1.54, 1.807) is 35.6 Å². The summed E-state index contributed by atoms with van der Waals surface area (Å²) in [5, 5.41) is 44.4. The lowest BCUT2D eigenvalue weighted by molar-refractivity contribution is 1.06. The van der Waals surface area contributed by atoms with Crippen molar-refractivity contribution in [3.63, 3.8) is 0 Å². The molecule has 0 aliphatic rings. The van der Waals surface area contributed by atoms with Gasteiger partial charge in [0.15, 0.2) is 17.5 Å². The first-order valence-corrected chi connectivity index (χ1v) is 23.2. The molecule has 0 aliphatic heterocycles. The number of rotatable bonds is 7. The highest BCUT2D eigenvalue weighted by atomic mass is 32.1. The molecule has 0 bridgehead atoms. The Morgan fingerprint density at radius 1 is 0.357 bits per heavy atom. The van der Waals surface area contributed by atoms with Crippen molar-refractivity contribution >= 4 is 53.3 Å². The van der Waals surface area contributed by atoms with E-state index in [1.165, 1.54) is 20.2 Å². The third-order valence-electron chi connectivity index (χ3n) is 12.8. The van der Waals surface area contributed by atoms with Gasteiger partial charge in [0, 0.05) is 47.6 Å². The molecule has 3 heterocycles.